The summed E-state index contributed by atoms with van der Waals surface area (Å²) in [6, 6.07) is 17.3. The first-order valence-corrected chi connectivity index (χ1v) is 12.5. The monoisotopic (exact) mass is 432 g/mol. The standard InChI is InChI=1S/C30H40O2/c1-3-4-5-6-24-13-17-29(18-14-24)30-19-15-26(16-20-30)8-7-25-9-11-27(12-10-25)21-28(22-31)23-32-2/h9-12,15-16,19-20,24,28-29,31H,3-6,13-14,17-18,21-23H2,1-2H3. The summed E-state index contributed by atoms with van der Waals surface area (Å²) in [6.07, 6.45) is 11.9. The second-order valence-corrected chi connectivity index (χ2v) is 9.49. The van der Waals surface area contributed by atoms with Crippen molar-refractivity contribution in [2.24, 2.45) is 11.8 Å². The van der Waals surface area contributed by atoms with Crippen LogP contribution in [-0.4, -0.2) is 25.4 Å². The molecule has 0 radical (unpaired) electrons. The maximum absolute atomic E-state index is 9.43. The van der Waals surface area contributed by atoms with Gasteiger partial charge in [-0.05, 0) is 79.3 Å². The van der Waals surface area contributed by atoms with Crippen molar-refractivity contribution >= 4 is 0 Å². The van der Waals surface area contributed by atoms with E-state index in [9.17, 15) is 5.11 Å². The molecule has 0 bridgehead atoms. The summed E-state index contributed by atoms with van der Waals surface area (Å²) in [4.78, 5) is 0. The first-order valence-electron chi connectivity index (χ1n) is 12.5. The van der Waals surface area contributed by atoms with E-state index in [-0.39, 0.29) is 12.5 Å². The molecule has 0 amide bonds. The Morgan fingerprint density at radius 2 is 1.53 bits per heavy atom. The molecule has 1 aliphatic carbocycles. The fourth-order valence-corrected chi connectivity index (χ4v) is 4.92. The zero-order valence-corrected chi connectivity index (χ0v) is 20.0. The molecular formula is C30H40O2. The summed E-state index contributed by atoms with van der Waals surface area (Å²) in [5.41, 5.74) is 4.79. The van der Waals surface area contributed by atoms with Gasteiger partial charge in [-0.1, -0.05) is 68.7 Å². The fraction of sp³-hybridized carbons (Fsp3) is 0.533. The summed E-state index contributed by atoms with van der Waals surface area (Å²) in [6.45, 7) is 3.01. The number of hydrogen-bond donors (Lipinski definition) is 1. The van der Waals surface area contributed by atoms with E-state index in [0.29, 0.717) is 6.61 Å². The van der Waals surface area contributed by atoms with Crippen molar-refractivity contribution in [1.29, 1.82) is 0 Å². The Hall–Kier alpha value is -2.08. The van der Waals surface area contributed by atoms with Gasteiger partial charge in [-0.3, -0.25) is 0 Å². The molecule has 1 fully saturated rings. The second-order valence-electron chi connectivity index (χ2n) is 9.49. The zero-order valence-electron chi connectivity index (χ0n) is 20.0. The Balaban J connectivity index is 1.50. The van der Waals surface area contributed by atoms with E-state index in [1.807, 2.05) is 0 Å². The molecule has 1 saturated carbocycles. The normalized spacial score (nSPS) is 19.2. The molecule has 1 atom stereocenters. The topological polar surface area (TPSA) is 29.5 Å². The SMILES string of the molecule is CCCCCC1CCC(c2ccc(C#Cc3ccc(CC(CO)COC)cc3)cc2)CC1. The average molecular weight is 433 g/mol. The molecule has 0 saturated heterocycles. The van der Waals surface area contributed by atoms with Crippen molar-refractivity contribution in [3.63, 3.8) is 0 Å². The number of unbranched alkanes of at least 4 members (excludes halogenated alkanes) is 2. The number of benzene rings is 2. The Bertz CT molecular complexity index is 833. The molecule has 1 unspecified atom stereocenters. The third-order valence-corrected chi connectivity index (χ3v) is 6.93. The lowest BCUT2D eigenvalue weighted by Gasteiger charge is -2.29. The fourth-order valence-electron chi connectivity index (χ4n) is 4.92. The van der Waals surface area contributed by atoms with Gasteiger partial charge < -0.3 is 9.84 Å². The molecule has 1 aliphatic rings. The molecule has 0 spiro atoms. The smallest absolute Gasteiger partial charge is 0.0515 e. The highest BCUT2D eigenvalue weighted by Gasteiger charge is 2.21. The lowest BCUT2D eigenvalue weighted by molar-refractivity contribution is 0.110. The molecule has 0 aromatic heterocycles. The molecule has 1 N–H and O–H groups in total. The van der Waals surface area contributed by atoms with Crippen molar-refractivity contribution in [2.45, 2.75) is 70.6 Å². The van der Waals surface area contributed by atoms with Gasteiger partial charge in [0.05, 0.1) is 6.61 Å². The van der Waals surface area contributed by atoms with Gasteiger partial charge in [-0.15, -0.1) is 0 Å². The summed E-state index contributed by atoms with van der Waals surface area (Å²) in [5, 5.41) is 9.43. The van der Waals surface area contributed by atoms with Crippen LogP contribution in [0.25, 0.3) is 0 Å². The summed E-state index contributed by atoms with van der Waals surface area (Å²) < 4.78 is 5.17. The van der Waals surface area contributed by atoms with Gasteiger partial charge in [0.25, 0.3) is 0 Å². The van der Waals surface area contributed by atoms with Crippen LogP contribution in [0.3, 0.4) is 0 Å². The molecular weight excluding hydrogens is 392 g/mol. The highest BCUT2D eigenvalue weighted by Crippen LogP contribution is 2.37. The first kappa shape index (κ1) is 24.6. The van der Waals surface area contributed by atoms with Gasteiger partial charge in [0, 0.05) is 30.8 Å². The quantitative estimate of drug-likeness (QED) is 0.333. The summed E-state index contributed by atoms with van der Waals surface area (Å²) in [7, 11) is 1.67. The van der Waals surface area contributed by atoms with Crippen molar-refractivity contribution in [3.8, 4) is 11.8 Å². The van der Waals surface area contributed by atoms with Gasteiger partial charge in [0.15, 0.2) is 0 Å². The maximum Gasteiger partial charge on any atom is 0.0515 e. The predicted molar refractivity (Wildman–Crippen MR) is 134 cm³/mol. The minimum atomic E-state index is 0.145. The molecule has 2 aromatic carbocycles. The summed E-state index contributed by atoms with van der Waals surface area (Å²) in [5.74, 6) is 8.43. The predicted octanol–water partition coefficient (Wildman–Crippen LogP) is 6.74. The minimum Gasteiger partial charge on any atom is -0.396 e. The van der Waals surface area contributed by atoms with Crippen molar-refractivity contribution in [1.82, 2.24) is 0 Å². The van der Waals surface area contributed by atoms with Crippen LogP contribution in [0.2, 0.25) is 0 Å². The third kappa shape index (κ3) is 7.80. The van der Waals surface area contributed by atoms with E-state index < -0.39 is 0 Å². The van der Waals surface area contributed by atoms with E-state index >= 15 is 0 Å². The molecule has 2 aromatic rings. The van der Waals surface area contributed by atoms with E-state index in [0.717, 1.165) is 29.4 Å². The largest absolute Gasteiger partial charge is 0.396 e. The number of ether oxygens (including phenoxy) is 1. The lowest BCUT2D eigenvalue weighted by atomic mass is 9.77. The van der Waals surface area contributed by atoms with E-state index in [4.69, 9.17) is 4.74 Å². The minimum absolute atomic E-state index is 0.145. The van der Waals surface area contributed by atoms with E-state index in [2.05, 4.69) is 67.3 Å². The highest BCUT2D eigenvalue weighted by molar-refractivity contribution is 5.44. The molecule has 0 aliphatic heterocycles. The van der Waals surface area contributed by atoms with Gasteiger partial charge in [0.1, 0.15) is 0 Å². The van der Waals surface area contributed by atoms with Crippen LogP contribution >= 0.6 is 0 Å². The van der Waals surface area contributed by atoms with Gasteiger partial charge in [0.2, 0.25) is 0 Å². The number of rotatable bonds is 10. The van der Waals surface area contributed by atoms with Crippen LogP contribution in [0.5, 0.6) is 0 Å². The lowest BCUT2D eigenvalue weighted by Crippen LogP contribution is -2.15. The van der Waals surface area contributed by atoms with Crippen LogP contribution in [0.4, 0.5) is 0 Å². The molecule has 32 heavy (non-hydrogen) atoms. The van der Waals surface area contributed by atoms with Crippen LogP contribution in [-0.2, 0) is 11.2 Å². The van der Waals surface area contributed by atoms with Crippen molar-refractivity contribution in [2.75, 3.05) is 20.3 Å². The van der Waals surface area contributed by atoms with Gasteiger partial charge >= 0.3 is 0 Å². The average Bonchev–Trinajstić information content (AvgIpc) is 2.84. The maximum atomic E-state index is 9.43. The molecule has 2 heteroatoms. The number of aliphatic hydroxyl groups excluding tert-OH is 1. The van der Waals surface area contributed by atoms with Crippen molar-refractivity contribution < 1.29 is 9.84 Å². The zero-order chi connectivity index (χ0) is 22.6. The van der Waals surface area contributed by atoms with Crippen LogP contribution in [0.15, 0.2) is 48.5 Å². The second kappa shape index (κ2) is 13.5. The van der Waals surface area contributed by atoms with Crippen LogP contribution in [0.1, 0.15) is 86.5 Å². The molecule has 3 rings (SSSR count). The number of methoxy groups -OCH3 is 1. The Labute approximate surface area is 195 Å². The molecule has 0 heterocycles. The number of hydrogen-bond acceptors (Lipinski definition) is 2. The third-order valence-electron chi connectivity index (χ3n) is 6.93. The Morgan fingerprint density at radius 3 is 2.09 bits per heavy atom. The van der Waals surface area contributed by atoms with E-state index in [1.165, 1.54) is 62.5 Å². The first-order chi connectivity index (χ1) is 15.7. The summed E-state index contributed by atoms with van der Waals surface area (Å²) >= 11 is 0. The van der Waals surface area contributed by atoms with E-state index in [1.54, 1.807) is 7.11 Å². The molecule has 2 nitrogen and oxygen atoms in total. The number of aliphatic hydroxyl groups is 1. The van der Waals surface area contributed by atoms with Crippen LogP contribution in [0, 0.1) is 23.7 Å². The van der Waals surface area contributed by atoms with Crippen LogP contribution < -0.4 is 0 Å². The molecule has 172 valence electrons. The van der Waals surface area contributed by atoms with Crippen molar-refractivity contribution in [3.05, 3.63) is 70.8 Å². The van der Waals surface area contributed by atoms with Gasteiger partial charge in [-0.2, -0.15) is 0 Å². The Morgan fingerprint density at radius 1 is 0.906 bits per heavy atom. The highest BCUT2D eigenvalue weighted by atomic mass is 16.5. The van der Waals surface area contributed by atoms with Gasteiger partial charge in [-0.25, -0.2) is 0 Å². The Kier molecular flexibility index (Phi) is 10.3.